The van der Waals surface area contributed by atoms with Crippen LogP contribution in [0.3, 0.4) is 0 Å². The summed E-state index contributed by atoms with van der Waals surface area (Å²) in [6.45, 7) is 5.05. The van der Waals surface area contributed by atoms with Crippen LogP contribution in [0.5, 0.6) is 0 Å². The van der Waals surface area contributed by atoms with Crippen molar-refractivity contribution in [2.75, 3.05) is 20.2 Å². The second-order valence-corrected chi connectivity index (χ2v) is 4.17. The van der Waals surface area contributed by atoms with E-state index in [2.05, 4.69) is 10.1 Å². The highest BCUT2D eigenvalue weighted by Crippen LogP contribution is 2.02. The Morgan fingerprint density at radius 1 is 1.33 bits per heavy atom. The van der Waals surface area contributed by atoms with Crippen LogP contribution in [-0.4, -0.2) is 54.2 Å². The molecule has 7 nitrogen and oxygen atoms in total. The third-order valence-corrected chi connectivity index (χ3v) is 2.23. The van der Waals surface area contributed by atoms with E-state index in [0.717, 1.165) is 4.90 Å². The van der Waals surface area contributed by atoms with Gasteiger partial charge in [0.1, 0.15) is 12.6 Å². The number of hydrogen-bond acceptors (Lipinski definition) is 4. The quantitative estimate of drug-likeness (QED) is 0.670. The summed E-state index contributed by atoms with van der Waals surface area (Å²) in [5, 5.41) is 11.3. The first-order valence-electron chi connectivity index (χ1n) is 5.69. The molecule has 0 saturated carbocycles. The molecule has 0 fully saturated rings. The fourth-order valence-electron chi connectivity index (χ4n) is 1.23. The van der Waals surface area contributed by atoms with Crippen LogP contribution >= 0.6 is 0 Å². The third kappa shape index (κ3) is 5.51. The van der Waals surface area contributed by atoms with Gasteiger partial charge < -0.3 is 20.1 Å². The molecule has 0 heterocycles. The minimum Gasteiger partial charge on any atom is -0.480 e. The zero-order chi connectivity index (χ0) is 14.3. The van der Waals surface area contributed by atoms with E-state index in [1.165, 1.54) is 7.05 Å². The zero-order valence-electron chi connectivity index (χ0n) is 11.1. The number of nitrogens with one attached hydrogen (secondary N) is 1. The number of carboxylic acid groups (broad SMARTS) is 1. The van der Waals surface area contributed by atoms with Crippen LogP contribution in [-0.2, 0) is 14.3 Å². The van der Waals surface area contributed by atoms with Gasteiger partial charge in [-0.15, -0.1) is 0 Å². The van der Waals surface area contributed by atoms with Crippen molar-refractivity contribution in [3.63, 3.8) is 0 Å². The van der Waals surface area contributed by atoms with E-state index in [0.29, 0.717) is 0 Å². The second-order valence-electron chi connectivity index (χ2n) is 4.17. The summed E-state index contributed by atoms with van der Waals surface area (Å²) in [4.78, 5) is 34.8. The van der Waals surface area contributed by atoms with Crippen molar-refractivity contribution in [2.24, 2.45) is 5.92 Å². The highest BCUT2D eigenvalue weighted by Gasteiger charge is 2.25. The molecule has 0 saturated heterocycles. The number of rotatable bonds is 6. The summed E-state index contributed by atoms with van der Waals surface area (Å²) < 4.78 is 4.69. The molecule has 0 aliphatic rings. The monoisotopic (exact) mass is 260 g/mol. The predicted octanol–water partition coefficient (Wildman–Crippen LogP) is 0.300. The molecule has 0 bridgehead atoms. The van der Waals surface area contributed by atoms with Crippen LogP contribution in [0.25, 0.3) is 0 Å². The van der Waals surface area contributed by atoms with E-state index in [1.807, 2.05) is 0 Å². The normalized spacial score (nSPS) is 11.8. The zero-order valence-corrected chi connectivity index (χ0v) is 11.1. The van der Waals surface area contributed by atoms with Gasteiger partial charge >= 0.3 is 18.0 Å². The summed E-state index contributed by atoms with van der Waals surface area (Å²) in [5.74, 6) is -1.89. The van der Waals surface area contributed by atoms with Gasteiger partial charge in [0, 0.05) is 7.05 Å². The van der Waals surface area contributed by atoms with Crippen LogP contribution in [0.1, 0.15) is 20.8 Å². The van der Waals surface area contributed by atoms with Gasteiger partial charge in [-0.05, 0) is 12.8 Å². The standard InChI is InChI=1S/C11H20N2O5/c1-5-18-8(14)6-13(4)11(17)12-9(7(2)3)10(15)16/h7,9H,5-6H2,1-4H3,(H,12,17)(H,15,16)/t9-/m0/s1. The molecule has 7 heteroatoms. The van der Waals surface area contributed by atoms with Gasteiger partial charge in [0.15, 0.2) is 0 Å². The van der Waals surface area contributed by atoms with Gasteiger partial charge in [0.25, 0.3) is 0 Å². The molecule has 0 aromatic heterocycles. The van der Waals surface area contributed by atoms with E-state index in [-0.39, 0.29) is 19.1 Å². The number of carbonyl (C=O) groups excluding carboxylic acids is 2. The maximum Gasteiger partial charge on any atom is 0.326 e. The minimum absolute atomic E-state index is 0.218. The number of hydrogen-bond donors (Lipinski definition) is 2. The highest BCUT2D eigenvalue weighted by molar-refractivity contribution is 5.85. The lowest BCUT2D eigenvalue weighted by atomic mass is 10.1. The van der Waals surface area contributed by atoms with Crippen molar-refractivity contribution in [1.82, 2.24) is 10.2 Å². The van der Waals surface area contributed by atoms with Crippen molar-refractivity contribution >= 4 is 18.0 Å². The molecule has 104 valence electrons. The lowest BCUT2D eigenvalue weighted by Crippen LogP contribution is -2.50. The fourth-order valence-corrected chi connectivity index (χ4v) is 1.23. The summed E-state index contributed by atoms with van der Waals surface area (Å²) in [6, 6.07) is -1.61. The molecule has 18 heavy (non-hydrogen) atoms. The molecule has 0 radical (unpaired) electrons. The number of amides is 2. The van der Waals surface area contributed by atoms with Gasteiger partial charge in [-0.25, -0.2) is 9.59 Å². The van der Waals surface area contributed by atoms with Crippen LogP contribution in [0, 0.1) is 5.92 Å². The van der Waals surface area contributed by atoms with Crippen LogP contribution in [0.2, 0.25) is 0 Å². The Bertz CT molecular complexity index is 317. The first-order valence-corrected chi connectivity index (χ1v) is 5.69. The SMILES string of the molecule is CCOC(=O)CN(C)C(=O)N[C@H](C(=O)O)C(C)C. The molecule has 0 aromatic carbocycles. The van der Waals surface area contributed by atoms with Crippen molar-refractivity contribution < 1.29 is 24.2 Å². The predicted molar refractivity (Wildman–Crippen MR) is 64.1 cm³/mol. The number of likely N-dealkylation sites (N-methyl/N-ethyl adjacent to an activating group) is 1. The van der Waals surface area contributed by atoms with Crippen molar-refractivity contribution in [3.8, 4) is 0 Å². The largest absolute Gasteiger partial charge is 0.480 e. The van der Waals surface area contributed by atoms with E-state index in [4.69, 9.17) is 5.11 Å². The van der Waals surface area contributed by atoms with E-state index >= 15 is 0 Å². The van der Waals surface area contributed by atoms with Gasteiger partial charge in [-0.3, -0.25) is 4.79 Å². The summed E-state index contributed by atoms with van der Waals surface area (Å²) in [5.41, 5.74) is 0. The first-order chi connectivity index (χ1) is 8.29. The van der Waals surface area contributed by atoms with Crippen molar-refractivity contribution in [2.45, 2.75) is 26.8 Å². The average molecular weight is 260 g/mol. The Kier molecular flexibility index (Phi) is 6.77. The molecule has 0 spiro atoms. The summed E-state index contributed by atoms with van der Waals surface area (Å²) in [7, 11) is 1.39. The van der Waals surface area contributed by atoms with E-state index in [9.17, 15) is 14.4 Å². The Hall–Kier alpha value is -1.79. The Morgan fingerprint density at radius 2 is 1.89 bits per heavy atom. The summed E-state index contributed by atoms with van der Waals surface area (Å²) in [6.07, 6.45) is 0. The van der Waals surface area contributed by atoms with Crippen molar-refractivity contribution in [1.29, 1.82) is 0 Å². The number of esters is 1. The molecule has 0 unspecified atom stereocenters. The number of carbonyl (C=O) groups is 3. The Labute approximate surface area is 106 Å². The number of ether oxygens (including phenoxy) is 1. The molecule has 0 aliphatic heterocycles. The average Bonchev–Trinajstić information content (AvgIpc) is 2.24. The Balaban J connectivity index is 4.38. The second kappa shape index (κ2) is 7.52. The van der Waals surface area contributed by atoms with Gasteiger partial charge in [0.2, 0.25) is 0 Å². The minimum atomic E-state index is -1.11. The van der Waals surface area contributed by atoms with E-state index < -0.39 is 24.0 Å². The third-order valence-electron chi connectivity index (χ3n) is 2.23. The molecule has 1 atom stereocenters. The smallest absolute Gasteiger partial charge is 0.326 e. The molecule has 2 amide bonds. The maximum atomic E-state index is 11.6. The highest BCUT2D eigenvalue weighted by atomic mass is 16.5. The van der Waals surface area contributed by atoms with Crippen molar-refractivity contribution in [3.05, 3.63) is 0 Å². The molecule has 2 N–H and O–H groups in total. The van der Waals surface area contributed by atoms with Gasteiger partial charge in [-0.2, -0.15) is 0 Å². The summed E-state index contributed by atoms with van der Waals surface area (Å²) >= 11 is 0. The Morgan fingerprint density at radius 3 is 2.28 bits per heavy atom. The first kappa shape index (κ1) is 16.2. The molecule has 0 aliphatic carbocycles. The topological polar surface area (TPSA) is 95.9 Å². The lowest BCUT2D eigenvalue weighted by molar-refractivity contribution is -0.143. The molecule has 0 aromatic rings. The van der Waals surface area contributed by atoms with Crippen LogP contribution < -0.4 is 5.32 Å². The van der Waals surface area contributed by atoms with Gasteiger partial charge in [-0.1, -0.05) is 13.8 Å². The number of nitrogens with zero attached hydrogens (tertiary/aromatic N) is 1. The molecular formula is C11H20N2O5. The van der Waals surface area contributed by atoms with Crippen LogP contribution in [0.4, 0.5) is 4.79 Å². The van der Waals surface area contributed by atoms with E-state index in [1.54, 1.807) is 20.8 Å². The number of urea groups is 1. The van der Waals surface area contributed by atoms with Crippen LogP contribution in [0.15, 0.2) is 0 Å². The lowest BCUT2D eigenvalue weighted by Gasteiger charge is -2.22. The molecular weight excluding hydrogens is 240 g/mol. The van der Waals surface area contributed by atoms with Gasteiger partial charge in [0.05, 0.1) is 6.61 Å². The molecule has 0 rings (SSSR count). The fraction of sp³-hybridized carbons (Fsp3) is 0.727. The number of aliphatic carboxylic acids is 1. The number of carboxylic acids is 1. The maximum absolute atomic E-state index is 11.6.